The van der Waals surface area contributed by atoms with Crippen LogP contribution in [0.3, 0.4) is 0 Å². The average Bonchev–Trinajstić information content (AvgIpc) is 2.88. The summed E-state index contributed by atoms with van der Waals surface area (Å²) in [5, 5.41) is 8.44. The predicted octanol–water partition coefficient (Wildman–Crippen LogP) is 2.24. The molecule has 2 aromatic rings. The molecule has 0 saturated carbocycles. The van der Waals surface area contributed by atoms with Gasteiger partial charge in [-0.15, -0.1) is 11.3 Å². The molecule has 4 nitrogen and oxygen atoms in total. The number of hydrogen-bond donors (Lipinski definition) is 2. The zero-order valence-corrected chi connectivity index (χ0v) is 10.2. The number of thiazole rings is 1. The van der Waals surface area contributed by atoms with Crippen LogP contribution in [0.4, 0.5) is 5.69 Å². The summed E-state index contributed by atoms with van der Waals surface area (Å²) in [6.45, 7) is 0. The zero-order valence-electron chi connectivity index (χ0n) is 9.34. The number of benzene rings is 1. The van der Waals surface area contributed by atoms with Crippen molar-refractivity contribution in [1.29, 1.82) is 0 Å². The molecular weight excluding hydrogens is 232 g/mol. The molecule has 0 unspecified atom stereocenters. The number of hydrazone groups is 1. The number of hydrogen-bond acceptors (Lipinski definition) is 4. The summed E-state index contributed by atoms with van der Waals surface area (Å²) in [6, 6.07) is 8.22. The molecule has 3 N–H and O–H groups in total. The first-order valence-corrected chi connectivity index (χ1v) is 6.27. The van der Waals surface area contributed by atoms with Crippen molar-refractivity contribution in [3.8, 4) is 0 Å². The van der Waals surface area contributed by atoms with Gasteiger partial charge in [0.2, 0.25) is 0 Å². The highest BCUT2D eigenvalue weighted by molar-refractivity contribution is 7.07. The SMILES string of the molecule is NN=CNc1ccc(CCc2cscn2)cc1. The minimum Gasteiger partial charge on any atom is -0.345 e. The lowest BCUT2D eigenvalue weighted by Crippen LogP contribution is -1.97. The fraction of sp³-hybridized carbons (Fsp3) is 0.167. The van der Waals surface area contributed by atoms with Crippen molar-refractivity contribution < 1.29 is 0 Å². The molecule has 1 aromatic carbocycles. The van der Waals surface area contributed by atoms with E-state index >= 15 is 0 Å². The molecule has 0 fully saturated rings. The van der Waals surface area contributed by atoms with E-state index in [0.29, 0.717) is 0 Å². The van der Waals surface area contributed by atoms with Crippen LogP contribution in [0.15, 0.2) is 40.3 Å². The zero-order chi connectivity index (χ0) is 11.9. The highest BCUT2D eigenvalue weighted by Gasteiger charge is 1.97. The lowest BCUT2D eigenvalue weighted by atomic mass is 10.1. The van der Waals surface area contributed by atoms with Gasteiger partial charge in [0.25, 0.3) is 0 Å². The van der Waals surface area contributed by atoms with Gasteiger partial charge in [-0.2, -0.15) is 5.10 Å². The quantitative estimate of drug-likeness (QED) is 0.368. The first-order chi connectivity index (χ1) is 8.38. The largest absolute Gasteiger partial charge is 0.345 e. The summed E-state index contributed by atoms with van der Waals surface area (Å²) in [5.41, 5.74) is 5.31. The summed E-state index contributed by atoms with van der Waals surface area (Å²) < 4.78 is 0. The van der Waals surface area contributed by atoms with Crippen LogP contribution in [0.5, 0.6) is 0 Å². The molecule has 0 amide bonds. The minimum absolute atomic E-state index is 0.983. The van der Waals surface area contributed by atoms with Crippen LogP contribution in [0.1, 0.15) is 11.3 Å². The molecule has 88 valence electrons. The van der Waals surface area contributed by atoms with Crippen LogP contribution >= 0.6 is 11.3 Å². The molecule has 2 rings (SSSR count). The predicted molar refractivity (Wildman–Crippen MR) is 72.3 cm³/mol. The van der Waals surface area contributed by atoms with E-state index in [-0.39, 0.29) is 0 Å². The van der Waals surface area contributed by atoms with Gasteiger partial charge in [-0.05, 0) is 30.5 Å². The molecule has 17 heavy (non-hydrogen) atoms. The lowest BCUT2D eigenvalue weighted by Gasteiger charge is -2.02. The van der Waals surface area contributed by atoms with Crippen LogP contribution < -0.4 is 11.2 Å². The summed E-state index contributed by atoms with van der Waals surface area (Å²) >= 11 is 1.64. The van der Waals surface area contributed by atoms with Gasteiger partial charge in [0.15, 0.2) is 0 Å². The average molecular weight is 246 g/mol. The van der Waals surface area contributed by atoms with E-state index < -0.39 is 0 Å². The monoisotopic (exact) mass is 246 g/mol. The van der Waals surface area contributed by atoms with Gasteiger partial charge in [-0.1, -0.05) is 12.1 Å². The molecule has 0 aliphatic rings. The van der Waals surface area contributed by atoms with Crippen molar-refractivity contribution in [1.82, 2.24) is 4.98 Å². The summed E-state index contributed by atoms with van der Waals surface area (Å²) in [5.74, 6) is 5.01. The van der Waals surface area contributed by atoms with Crippen molar-refractivity contribution >= 4 is 23.4 Å². The standard InChI is InChI=1S/C12H14N4S/c13-16-8-14-11-4-1-10(2-5-11)3-6-12-7-17-9-15-12/h1-2,4-5,7-9H,3,6,13H2,(H,14,16). The maximum atomic E-state index is 5.01. The second-order valence-electron chi connectivity index (χ2n) is 3.60. The molecule has 0 saturated heterocycles. The van der Waals surface area contributed by atoms with Crippen molar-refractivity contribution in [2.75, 3.05) is 5.32 Å². The Morgan fingerprint density at radius 1 is 1.29 bits per heavy atom. The molecule has 0 radical (unpaired) electrons. The molecule has 0 aliphatic heterocycles. The van der Waals surface area contributed by atoms with Crippen molar-refractivity contribution in [3.05, 3.63) is 46.4 Å². The Labute approximate surface area is 104 Å². The van der Waals surface area contributed by atoms with E-state index in [9.17, 15) is 0 Å². The van der Waals surface area contributed by atoms with Gasteiger partial charge >= 0.3 is 0 Å². The normalized spacial score (nSPS) is 10.8. The second kappa shape index (κ2) is 6.00. The molecule has 5 heteroatoms. The van der Waals surface area contributed by atoms with E-state index in [1.807, 2.05) is 17.6 Å². The number of nitrogens with zero attached hydrogens (tertiary/aromatic N) is 2. The van der Waals surface area contributed by atoms with E-state index in [2.05, 4.69) is 32.9 Å². The van der Waals surface area contributed by atoms with Gasteiger partial charge in [0.05, 0.1) is 11.2 Å². The molecular formula is C12H14N4S. The highest BCUT2D eigenvalue weighted by Crippen LogP contribution is 2.11. The Bertz CT molecular complexity index is 462. The van der Waals surface area contributed by atoms with Crippen molar-refractivity contribution in [3.63, 3.8) is 0 Å². The third kappa shape index (κ3) is 3.57. The molecule has 0 bridgehead atoms. The fourth-order valence-electron chi connectivity index (χ4n) is 1.51. The molecule has 0 spiro atoms. The molecule has 0 atom stereocenters. The van der Waals surface area contributed by atoms with Crippen LogP contribution in [-0.2, 0) is 12.8 Å². The van der Waals surface area contributed by atoms with Crippen LogP contribution in [-0.4, -0.2) is 11.3 Å². The minimum atomic E-state index is 0.983. The number of anilines is 1. The number of rotatable bonds is 5. The van der Waals surface area contributed by atoms with Crippen molar-refractivity contribution in [2.24, 2.45) is 10.9 Å². The van der Waals surface area contributed by atoms with Gasteiger partial charge in [0.1, 0.15) is 6.34 Å². The third-order valence-electron chi connectivity index (χ3n) is 2.41. The Morgan fingerprint density at radius 2 is 2.12 bits per heavy atom. The number of nitrogens with two attached hydrogens (primary N) is 1. The van der Waals surface area contributed by atoms with Gasteiger partial charge in [-0.25, -0.2) is 4.98 Å². The Kier molecular flexibility index (Phi) is 4.10. The maximum absolute atomic E-state index is 5.01. The van der Waals surface area contributed by atoms with Gasteiger partial charge in [0, 0.05) is 11.1 Å². The van der Waals surface area contributed by atoms with Crippen LogP contribution in [0.2, 0.25) is 0 Å². The number of aromatic nitrogens is 1. The molecule has 0 aliphatic carbocycles. The Hall–Kier alpha value is -1.88. The first-order valence-electron chi connectivity index (χ1n) is 5.33. The van der Waals surface area contributed by atoms with E-state index in [0.717, 1.165) is 24.2 Å². The van der Waals surface area contributed by atoms with E-state index in [1.165, 1.54) is 11.9 Å². The fourth-order valence-corrected chi connectivity index (χ4v) is 2.11. The van der Waals surface area contributed by atoms with Crippen molar-refractivity contribution in [2.45, 2.75) is 12.8 Å². The summed E-state index contributed by atoms with van der Waals surface area (Å²) in [7, 11) is 0. The highest BCUT2D eigenvalue weighted by atomic mass is 32.1. The van der Waals surface area contributed by atoms with E-state index in [4.69, 9.17) is 5.84 Å². The topological polar surface area (TPSA) is 63.3 Å². The van der Waals surface area contributed by atoms with Crippen LogP contribution in [0.25, 0.3) is 0 Å². The van der Waals surface area contributed by atoms with Gasteiger partial charge in [-0.3, -0.25) is 0 Å². The Morgan fingerprint density at radius 3 is 2.76 bits per heavy atom. The molecule has 1 aromatic heterocycles. The number of aryl methyl sites for hydroxylation is 2. The Balaban J connectivity index is 1.89. The molecule has 1 heterocycles. The second-order valence-corrected chi connectivity index (χ2v) is 4.32. The smallest absolute Gasteiger partial charge is 0.112 e. The number of nitrogens with one attached hydrogen (secondary N) is 1. The summed E-state index contributed by atoms with van der Waals surface area (Å²) in [4.78, 5) is 4.26. The summed E-state index contributed by atoms with van der Waals surface area (Å²) in [6.07, 6.45) is 3.46. The first kappa shape index (κ1) is 11.6. The van der Waals surface area contributed by atoms with E-state index in [1.54, 1.807) is 11.3 Å². The lowest BCUT2D eigenvalue weighted by molar-refractivity contribution is 0.926. The van der Waals surface area contributed by atoms with Gasteiger partial charge < -0.3 is 11.2 Å². The maximum Gasteiger partial charge on any atom is 0.112 e. The third-order valence-corrected chi connectivity index (χ3v) is 3.05. The van der Waals surface area contributed by atoms with Crippen LogP contribution in [0, 0.1) is 0 Å².